The van der Waals surface area contributed by atoms with Gasteiger partial charge < -0.3 is 10.5 Å². The smallest absolute Gasteiger partial charge is 0.186 e. The molecule has 3 rings (SSSR count). The van der Waals surface area contributed by atoms with Crippen LogP contribution in [0.25, 0.3) is 0 Å². The van der Waals surface area contributed by atoms with Gasteiger partial charge in [-0.3, -0.25) is 0 Å². The van der Waals surface area contributed by atoms with Gasteiger partial charge in [0.25, 0.3) is 0 Å². The van der Waals surface area contributed by atoms with E-state index in [1.807, 2.05) is 0 Å². The van der Waals surface area contributed by atoms with Crippen LogP contribution in [0.3, 0.4) is 0 Å². The lowest BCUT2D eigenvalue weighted by Gasteiger charge is -2.17. The molecule has 0 spiro atoms. The van der Waals surface area contributed by atoms with Crippen LogP contribution >= 0.6 is 0 Å². The van der Waals surface area contributed by atoms with E-state index in [0.29, 0.717) is 11.3 Å². The molecule has 0 radical (unpaired) electrons. The second-order valence-electron chi connectivity index (χ2n) is 5.49. The van der Waals surface area contributed by atoms with Crippen LogP contribution in [0, 0.1) is 0 Å². The van der Waals surface area contributed by atoms with Crippen molar-refractivity contribution >= 4 is 19.7 Å². The molecule has 8 heteroatoms. The van der Waals surface area contributed by atoms with Crippen molar-refractivity contribution in [3.05, 3.63) is 53.6 Å². The Labute approximate surface area is 141 Å². The summed E-state index contributed by atoms with van der Waals surface area (Å²) < 4.78 is 56.2. The van der Waals surface area contributed by atoms with Crippen LogP contribution < -0.4 is 10.5 Å². The fraction of sp³-hybridized carbons (Fsp3) is 0.250. The number of methoxy groups -OCH3 is 1. The number of fused-ring (bicyclic) bond motifs is 1. The van der Waals surface area contributed by atoms with Gasteiger partial charge in [0.15, 0.2) is 19.7 Å². The summed E-state index contributed by atoms with van der Waals surface area (Å²) in [5.74, 6) is -0.0960. The highest BCUT2D eigenvalue weighted by molar-refractivity contribution is 7.96. The van der Waals surface area contributed by atoms with Gasteiger partial charge in [-0.15, -0.1) is 0 Å². The largest absolute Gasteiger partial charge is 0.496 e. The van der Waals surface area contributed by atoms with E-state index in [9.17, 15) is 16.8 Å². The molecule has 128 valence electrons. The molecule has 0 saturated heterocycles. The first-order valence-electron chi connectivity index (χ1n) is 7.24. The highest BCUT2D eigenvalue weighted by atomic mass is 32.2. The summed E-state index contributed by atoms with van der Waals surface area (Å²) in [6.07, 6.45) is 0. The van der Waals surface area contributed by atoms with Crippen molar-refractivity contribution in [1.82, 2.24) is 0 Å². The maximum absolute atomic E-state index is 13.0. The summed E-state index contributed by atoms with van der Waals surface area (Å²) in [6, 6.07) is 10.7. The normalized spacial score (nSPS) is 19.0. The molecule has 2 aromatic carbocycles. The van der Waals surface area contributed by atoms with Gasteiger partial charge in [0.2, 0.25) is 0 Å². The lowest BCUT2D eigenvalue weighted by atomic mass is 10.0. The number of hydrogen-bond donors (Lipinski definition) is 1. The topological polar surface area (TPSA) is 104 Å². The Hall–Kier alpha value is -1.90. The van der Waals surface area contributed by atoms with Gasteiger partial charge >= 0.3 is 0 Å². The number of benzene rings is 2. The summed E-state index contributed by atoms with van der Waals surface area (Å²) >= 11 is 0. The summed E-state index contributed by atoms with van der Waals surface area (Å²) in [4.78, 5) is 0.108. The van der Waals surface area contributed by atoms with Gasteiger partial charge in [-0.05, 0) is 29.8 Å². The van der Waals surface area contributed by atoms with Gasteiger partial charge in [0.05, 0.1) is 22.7 Å². The van der Waals surface area contributed by atoms with Gasteiger partial charge in [-0.25, -0.2) is 16.8 Å². The molecule has 2 aromatic rings. The average Bonchev–Trinajstić information content (AvgIpc) is 2.87. The minimum atomic E-state index is -3.87. The van der Waals surface area contributed by atoms with Crippen LogP contribution in [0.5, 0.6) is 5.75 Å². The summed E-state index contributed by atoms with van der Waals surface area (Å²) in [6.45, 7) is -0.0112. The first kappa shape index (κ1) is 16.9. The molecule has 0 saturated carbocycles. The molecular weight excluding hydrogens is 350 g/mol. The number of nitrogens with two attached hydrogens (primary N) is 1. The molecule has 1 aliphatic rings. The van der Waals surface area contributed by atoms with Crippen LogP contribution in [-0.4, -0.2) is 29.7 Å². The monoisotopic (exact) mass is 367 g/mol. The van der Waals surface area contributed by atoms with Crippen LogP contribution in [0.4, 0.5) is 0 Å². The highest BCUT2D eigenvalue weighted by Gasteiger charge is 2.44. The van der Waals surface area contributed by atoms with E-state index < -0.39 is 30.7 Å². The van der Waals surface area contributed by atoms with E-state index in [4.69, 9.17) is 10.5 Å². The number of hydrogen-bond acceptors (Lipinski definition) is 6. The third-order valence-electron chi connectivity index (χ3n) is 4.17. The molecule has 0 aromatic heterocycles. The van der Waals surface area contributed by atoms with Crippen molar-refractivity contribution in [1.29, 1.82) is 0 Å². The number of ether oxygens (including phenoxy) is 1. The second kappa shape index (κ2) is 5.87. The second-order valence-corrected chi connectivity index (χ2v) is 9.62. The van der Waals surface area contributed by atoms with E-state index in [1.165, 1.54) is 31.4 Å². The molecule has 1 atom stereocenters. The highest BCUT2D eigenvalue weighted by Crippen LogP contribution is 2.45. The summed E-state index contributed by atoms with van der Waals surface area (Å²) in [5, 5.41) is -1.19. The molecule has 0 amide bonds. The zero-order chi connectivity index (χ0) is 17.5. The molecule has 0 fully saturated rings. The fourth-order valence-corrected chi connectivity index (χ4v) is 7.43. The minimum absolute atomic E-state index is 0.0112. The van der Waals surface area contributed by atoms with Crippen molar-refractivity contribution in [3.8, 4) is 5.75 Å². The quantitative estimate of drug-likeness (QED) is 0.877. The molecule has 0 aliphatic carbocycles. The molecule has 0 bridgehead atoms. The van der Waals surface area contributed by atoms with Gasteiger partial charge in [0, 0.05) is 12.1 Å². The van der Waals surface area contributed by atoms with Crippen molar-refractivity contribution in [3.63, 3.8) is 0 Å². The zero-order valence-corrected chi connectivity index (χ0v) is 14.6. The van der Waals surface area contributed by atoms with Crippen LogP contribution in [0.2, 0.25) is 0 Å². The Morgan fingerprint density at radius 2 is 1.83 bits per heavy atom. The van der Waals surface area contributed by atoms with Gasteiger partial charge in [-0.1, -0.05) is 18.2 Å². The lowest BCUT2D eigenvalue weighted by Crippen LogP contribution is -2.17. The predicted molar refractivity (Wildman–Crippen MR) is 89.3 cm³/mol. The Balaban J connectivity index is 2.29. The van der Waals surface area contributed by atoms with Crippen LogP contribution in [-0.2, 0) is 26.2 Å². The minimum Gasteiger partial charge on any atom is -0.496 e. The van der Waals surface area contributed by atoms with E-state index in [-0.39, 0.29) is 21.9 Å². The Bertz CT molecular complexity index is 983. The van der Waals surface area contributed by atoms with Gasteiger partial charge in [0.1, 0.15) is 11.0 Å². The maximum Gasteiger partial charge on any atom is 0.186 e. The first-order chi connectivity index (χ1) is 11.3. The Kier molecular flexibility index (Phi) is 4.15. The third kappa shape index (κ3) is 2.51. The van der Waals surface area contributed by atoms with E-state index in [0.717, 1.165) is 0 Å². The number of rotatable bonds is 4. The van der Waals surface area contributed by atoms with E-state index >= 15 is 0 Å². The molecule has 1 aliphatic heterocycles. The SMILES string of the molecule is COc1ccc2c(c1CN)C(S(=O)(=O)c1ccccc1)CS2(=O)=O. The van der Waals surface area contributed by atoms with Crippen LogP contribution in [0.15, 0.2) is 52.3 Å². The van der Waals surface area contributed by atoms with Crippen molar-refractivity contribution in [2.75, 3.05) is 12.9 Å². The Morgan fingerprint density at radius 3 is 2.42 bits per heavy atom. The standard InChI is InChI=1S/C16H17NO5S2/c1-22-13-7-8-14-16(12(13)9-17)15(10-23(14,18)19)24(20,21)11-5-3-2-4-6-11/h2-8,15H,9-10,17H2,1H3. The summed E-state index contributed by atoms with van der Waals surface area (Å²) in [7, 11) is -6.13. The maximum atomic E-state index is 13.0. The molecular formula is C16H17NO5S2. The molecule has 1 heterocycles. The number of sulfone groups is 2. The van der Waals surface area contributed by atoms with E-state index in [2.05, 4.69) is 0 Å². The van der Waals surface area contributed by atoms with Crippen molar-refractivity contribution < 1.29 is 21.6 Å². The first-order valence-corrected chi connectivity index (χ1v) is 10.4. The zero-order valence-electron chi connectivity index (χ0n) is 13.0. The van der Waals surface area contributed by atoms with Crippen molar-refractivity contribution in [2.24, 2.45) is 5.73 Å². The fourth-order valence-electron chi connectivity index (χ4n) is 3.04. The molecule has 24 heavy (non-hydrogen) atoms. The average molecular weight is 367 g/mol. The predicted octanol–water partition coefficient (Wildman–Crippen LogP) is 1.46. The lowest BCUT2D eigenvalue weighted by molar-refractivity contribution is 0.408. The molecule has 6 nitrogen and oxygen atoms in total. The van der Waals surface area contributed by atoms with Crippen molar-refractivity contribution in [2.45, 2.75) is 21.6 Å². The third-order valence-corrected chi connectivity index (χ3v) is 8.26. The Morgan fingerprint density at radius 1 is 1.17 bits per heavy atom. The van der Waals surface area contributed by atoms with Crippen LogP contribution in [0.1, 0.15) is 16.4 Å². The summed E-state index contributed by atoms with van der Waals surface area (Å²) in [5.41, 5.74) is 6.42. The van der Waals surface area contributed by atoms with E-state index in [1.54, 1.807) is 18.2 Å². The van der Waals surface area contributed by atoms with Gasteiger partial charge in [-0.2, -0.15) is 0 Å². The molecule has 2 N–H and O–H groups in total. The molecule has 1 unspecified atom stereocenters.